The molecule has 4 rings (SSSR count). The second-order valence-corrected chi connectivity index (χ2v) is 6.27. The molecule has 2 aromatic heterocycles. The molecular formula is C16H15N3S. The first-order valence-electron chi connectivity index (χ1n) is 6.91. The number of nitrogens with two attached hydrogens (primary N) is 1. The maximum absolute atomic E-state index is 6.19. The summed E-state index contributed by atoms with van der Waals surface area (Å²) in [6, 6.07) is 10.6. The number of hydrogen-bond acceptors (Lipinski definition) is 4. The number of aromatic nitrogens is 2. The number of rotatable bonds is 1. The minimum atomic E-state index is 0.173. The van der Waals surface area contributed by atoms with E-state index in [1.54, 1.807) is 11.3 Å². The van der Waals surface area contributed by atoms with Crippen molar-refractivity contribution in [2.75, 3.05) is 0 Å². The van der Waals surface area contributed by atoms with Gasteiger partial charge >= 0.3 is 0 Å². The number of hydrogen-bond donors (Lipinski definition) is 1. The molecule has 1 aromatic carbocycles. The van der Waals surface area contributed by atoms with Crippen molar-refractivity contribution in [3.63, 3.8) is 0 Å². The van der Waals surface area contributed by atoms with Crippen LogP contribution in [0.1, 0.15) is 29.5 Å². The van der Waals surface area contributed by atoms with Crippen LogP contribution >= 0.6 is 11.3 Å². The molecule has 2 heterocycles. The van der Waals surface area contributed by atoms with Crippen molar-refractivity contribution < 1.29 is 0 Å². The molecule has 0 bridgehead atoms. The fourth-order valence-electron chi connectivity index (χ4n) is 2.78. The van der Waals surface area contributed by atoms with Crippen LogP contribution in [-0.4, -0.2) is 9.97 Å². The fourth-order valence-corrected chi connectivity index (χ4v) is 3.93. The van der Waals surface area contributed by atoms with Gasteiger partial charge in [-0.2, -0.15) is 0 Å². The molecule has 1 atom stereocenters. The molecule has 0 fully saturated rings. The van der Waals surface area contributed by atoms with E-state index in [4.69, 9.17) is 10.7 Å². The summed E-state index contributed by atoms with van der Waals surface area (Å²) >= 11 is 1.75. The van der Waals surface area contributed by atoms with E-state index < -0.39 is 0 Å². The lowest BCUT2D eigenvalue weighted by atomic mass is 9.99. The van der Waals surface area contributed by atoms with Crippen molar-refractivity contribution in [2.24, 2.45) is 5.73 Å². The molecular weight excluding hydrogens is 266 g/mol. The predicted molar refractivity (Wildman–Crippen MR) is 82.7 cm³/mol. The van der Waals surface area contributed by atoms with E-state index in [1.165, 1.54) is 10.6 Å². The largest absolute Gasteiger partial charge is 0.323 e. The zero-order valence-electron chi connectivity index (χ0n) is 11.0. The normalized spacial score (nSPS) is 18.1. The Morgan fingerprint density at radius 3 is 3.10 bits per heavy atom. The molecule has 4 heteroatoms. The number of thiazole rings is 1. The summed E-state index contributed by atoms with van der Waals surface area (Å²) in [7, 11) is 0. The van der Waals surface area contributed by atoms with E-state index in [1.807, 2.05) is 12.3 Å². The highest BCUT2D eigenvalue weighted by Crippen LogP contribution is 2.37. The lowest BCUT2D eigenvalue weighted by molar-refractivity contribution is 0.573. The highest BCUT2D eigenvalue weighted by molar-refractivity contribution is 7.15. The molecule has 0 aliphatic heterocycles. The summed E-state index contributed by atoms with van der Waals surface area (Å²) in [5.41, 5.74) is 9.58. The summed E-state index contributed by atoms with van der Waals surface area (Å²) in [6.07, 6.45) is 5.12. The summed E-state index contributed by atoms with van der Waals surface area (Å²) in [5.74, 6) is 0. The van der Waals surface area contributed by atoms with Crippen LogP contribution in [0.15, 0.2) is 36.5 Å². The van der Waals surface area contributed by atoms with Crippen LogP contribution in [0.4, 0.5) is 0 Å². The molecule has 20 heavy (non-hydrogen) atoms. The molecule has 0 saturated carbocycles. The van der Waals surface area contributed by atoms with Gasteiger partial charge in [-0.25, -0.2) is 4.98 Å². The van der Waals surface area contributed by atoms with Crippen molar-refractivity contribution in [1.82, 2.24) is 9.97 Å². The topological polar surface area (TPSA) is 51.8 Å². The van der Waals surface area contributed by atoms with E-state index >= 15 is 0 Å². The Morgan fingerprint density at radius 1 is 1.25 bits per heavy atom. The number of benzene rings is 1. The molecule has 3 nitrogen and oxygen atoms in total. The summed E-state index contributed by atoms with van der Waals surface area (Å²) < 4.78 is 0. The smallest absolute Gasteiger partial charge is 0.123 e. The quantitative estimate of drug-likeness (QED) is 0.740. The van der Waals surface area contributed by atoms with Gasteiger partial charge in [0.1, 0.15) is 5.01 Å². The fraction of sp³-hybridized carbons (Fsp3) is 0.250. The average Bonchev–Trinajstić information content (AvgIpc) is 2.92. The Labute approximate surface area is 121 Å². The van der Waals surface area contributed by atoms with Crippen molar-refractivity contribution in [3.8, 4) is 10.6 Å². The number of aryl methyl sites for hydroxylation is 1. The van der Waals surface area contributed by atoms with Gasteiger partial charge in [-0.1, -0.05) is 6.07 Å². The van der Waals surface area contributed by atoms with Crippen LogP contribution < -0.4 is 5.73 Å². The highest BCUT2D eigenvalue weighted by Gasteiger charge is 2.22. The van der Waals surface area contributed by atoms with Crippen molar-refractivity contribution >= 4 is 22.2 Å². The maximum atomic E-state index is 6.19. The van der Waals surface area contributed by atoms with Crippen LogP contribution in [0.2, 0.25) is 0 Å². The van der Waals surface area contributed by atoms with Gasteiger partial charge in [0.15, 0.2) is 0 Å². The monoisotopic (exact) mass is 281 g/mol. The first-order chi connectivity index (χ1) is 9.81. The van der Waals surface area contributed by atoms with E-state index in [0.29, 0.717) is 0 Å². The minimum absolute atomic E-state index is 0.173. The van der Waals surface area contributed by atoms with Crippen LogP contribution in [-0.2, 0) is 6.42 Å². The number of fused-ring (bicyclic) bond motifs is 2. The van der Waals surface area contributed by atoms with Crippen molar-refractivity contribution in [1.29, 1.82) is 0 Å². The zero-order valence-corrected chi connectivity index (χ0v) is 11.9. The molecule has 0 radical (unpaired) electrons. The minimum Gasteiger partial charge on any atom is -0.323 e. The second kappa shape index (κ2) is 4.65. The van der Waals surface area contributed by atoms with E-state index in [-0.39, 0.29) is 6.04 Å². The van der Waals surface area contributed by atoms with Crippen molar-refractivity contribution in [2.45, 2.75) is 25.3 Å². The summed E-state index contributed by atoms with van der Waals surface area (Å²) in [6.45, 7) is 0. The third kappa shape index (κ3) is 1.92. The molecule has 1 unspecified atom stereocenters. The van der Waals surface area contributed by atoms with Gasteiger partial charge in [0.05, 0.1) is 11.2 Å². The molecule has 0 saturated heterocycles. The lowest BCUT2D eigenvalue weighted by Crippen LogP contribution is -2.15. The van der Waals surface area contributed by atoms with Gasteiger partial charge in [-0.05, 0) is 43.5 Å². The lowest BCUT2D eigenvalue weighted by Gasteiger charge is -2.15. The van der Waals surface area contributed by atoms with Gasteiger partial charge in [0.2, 0.25) is 0 Å². The Balaban J connectivity index is 1.83. The predicted octanol–water partition coefficient (Wildman–Crippen LogP) is 3.69. The Kier molecular flexibility index (Phi) is 2.79. The van der Waals surface area contributed by atoms with E-state index in [2.05, 4.69) is 29.2 Å². The summed E-state index contributed by atoms with van der Waals surface area (Å²) in [5, 5.41) is 2.24. The van der Waals surface area contributed by atoms with E-state index in [9.17, 15) is 0 Å². The van der Waals surface area contributed by atoms with Crippen LogP contribution in [0, 0.1) is 0 Å². The van der Waals surface area contributed by atoms with Gasteiger partial charge < -0.3 is 5.73 Å². The van der Waals surface area contributed by atoms with Gasteiger partial charge in [0.25, 0.3) is 0 Å². The Hall–Kier alpha value is -1.78. The first kappa shape index (κ1) is 12.0. The number of pyridine rings is 1. The zero-order chi connectivity index (χ0) is 13.5. The molecule has 0 amide bonds. The third-order valence-corrected chi connectivity index (χ3v) is 5.12. The van der Waals surface area contributed by atoms with Crippen LogP contribution in [0.5, 0.6) is 0 Å². The maximum Gasteiger partial charge on any atom is 0.123 e. The van der Waals surface area contributed by atoms with Gasteiger partial charge in [-0.15, -0.1) is 11.3 Å². The summed E-state index contributed by atoms with van der Waals surface area (Å²) in [4.78, 5) is 10.4. The molecule has 2 N–H and O–H groups in total. The van der Waals surface area contributed by atoms with Crippen molar-refractivity contribution in [3.05, 3.63) is 47.1 Å². The first-order valence-corrected chi connectivity index (χ1v) is 7.73. The Morgan fingerprint density at radius 2 is 2.20 bits per heavy atom. The SMILES string of the molecule is NC1CCCc2nc(-c3ccc4ncccc4c3)sc21. The second-order valence-electron chi connectivity index (χ2n) is 5.24. The van der Waals surface area contributed by atoms with E-state index in [0.717, 1.165) is 40.7 Å². The Bertz CT molecular complexity index is 778. The van der Waals surface area contributed by atoms with Crippen LogP contribution in [0.25, 0.3) is 21.5 Å². The average molecular weight is 281 g/mol. The third-order valence-electron chi connectivity index (χ3n) is 3.84. The molecule has 0 spiro atoms. The standard InChI is InChI=1S/C16H15N3S/c17-12-4-1-5-14-15(12)20-16(19-14)11-6-7-13-10(9-11)3-2-8-18-13/h2-3,6-9,12H,1,4-5,17H2. The van der Waals surface area contributed by atoms with Crippen LogP contribution in [0.3, 0.4) is 0 Å². The van der Waals surface area contributed by atoms with Gasteiger partial charge in [-0.3, -0.25) is 4.98 Å². The molecule has 3 aromatic rings. The highest BCUT2D eigenvalue weighted by atomic mass is 32.1. The number of nitrogens with zero attached hydrogens (tertiary/aromatic N) is 2. The molecule has 1 aliphatic rings. The molecule has 1 aliphatic carbocycles. The van der Waals surface area contributed by atoms with Gasteiger partial charge in [0, 0.05) is 28.1 Å². The molecule has 100 valence electrons.